The molecule has 0 radical (unpaired) electrons. The van der Waals surface area contributed by atoms with Crippen LogP contribution in [0.4, 0.5) is 0 Å². The van der Waals surface area contributed by atoms with E-state index in [-0.39, 0.29) is 5.91 Å². The molecule has 0 saturated heterocycles. The van der Waals surface area contributed by atoms with Gasteiger partial charge in [-0.2, -0.15) is 0 Å². The van der Waals surface area contributed by atoms with Crippen molar-refractivity contribution in [3.8, 4) is 17.1 Å². The van der Waals surface area contributed by atoms with Crippen LogP contribution in [-0.4, -0.2) is 20.0 Å². The molecule has 1 aliphatic heterocycles. The third-order valence-corrected chi connectivity index (χ3v) is 6.08. The number of aromatic nitrogens is 3. The lowest BCUT2D eigenvalue weighted by molar-refractivity contribution is 0.0973. The zero-order valence-electron chi connectivity index (χ0n) is 15.9. The summed E-state index contributed by atoms with van der Waals surface area (Å²) in [5.74, 6) is 0.699. The van der Waals surface area contributed by atoms with Crippen LogP contribution in [0.5, 0.6) is 0 Å². The largest absolute Gasteiger partial charge is 0.308 e. The van der Waals surface area contributed by atoms with Crippen molar-refractivity contribution >= 4 is 38.7 Å². The lowest BCUT2D eigenvalue weighted by Gasteiger charge is -2.12. The molecule has 1 aliphatic rings. The molecular formula is C26H15N3O. The van der Waals surface area contributed by atoms with Gasteiger partial charge in [0.2, 0.25) is 0 Å². The van der Waals surface area contributed by atoms with E-state index < -0.39 is 0 Å². The Morgan fingerprint density at radius 1 is 0.600 bits per heavy atom. The summed E-state index contributed by atoms with van der Waals surface area (Å²) in [5.41, 5.74) is 6.36. The monoisotopic (exact) mass is 385 g/mol. The van der Waals surface area contributed by atoms with Gasteiger partial charge < -0.3 is 4.57 Å². The number of hydrogen-bond acceptors (Lipinski definition) is 2. The minimum atomic E-state index is -0.0221. The fourth-order valence-electron chi connectivity index (χ4n) is 4.84. The summed E-state index contributed by atoms with van der Waals surface area (Å²) in [4.78, 5) is 18.4. The maximum atomic E-state index is 13.7. The third-order valence-electron chi connectivity index (χ3n) is 6.08. The van der Waals surface area contributed by atoms with Crippen molar-refractivity contribution in [3.05, 3.63) is 96.6 Å². The average Bonchev–Trinajstić information content (AvgIpc) is 3.42. The van der Waals surface area contributed by atoms with Gasteiger partial charge in [0, 0.05) is 16.3 Å². The Kier molecular flexibility index (Phi) is 2.86. The van der Waals surface area contributed by atoms with E-state index in [1.807, 2.05) is 54.6 Å². The Labute approximate surface area is 171 Å². The third kappa shape index (κ3) is 1.81. The Balaban J connectivity index is 1.61. The first kappa shape index (κ1) is 15.7. The molecule has 0 bridgehead atoms. The van der Waals surface area contributed by atoms with Gasteiger partial charge in [0.25, 0.3) is 5.91 Å². The Bertz CT molecular complexity index is 1620. The molecule has 3 heterocycles. The van der Waals surface area contributed by atoms with E-state index in [2.05, 4.69) is 41.0 Å². The summed E-state index contributed by atoms with van der Waals surface area (Å²) in [7, 11) is 0. The number of carbonyl (C=O) groups is 1. The van der Waals surface area contributed by atoms with Crippen molar-refractivity contribution in [2.24, 2.45) is 0 Å². The fourth-order valence-corrected chi connectivity index (χ4v) is 4.84. The first-order valence-electron chi connectivity index (χ1n) is 9.97. The zero-order valence-corrected chi connectivity index (χ0v) is 15.9. The maximum Gasteiger partial charge on any atom is 0.267 e. The van der Waals surface area contributed by atoms with Crippen LogP contribution < -0.4 is 0 Å². The number of benzene rings is 4. The van der Waals surface area contributed by atoms with Crippen molar-refractivity contribution in [1.29, 1.82) is 0 Å². The summed E-state index contributed by atoms with van der Waals surface area (Å²) < 4.78 is 3.95. The number of hydrogen-bond donors (Lipinski definition) is 0. The van der Waals surface area contributed by atoms with E-state index in [4.69, 9.17) is 4.98 Å². The molecular weight excluding hydrogens is 370 g/mol. The second-order valence-corrected chi connectivity index (χ2v) is 7.63. The molecule has 4 nitrogen and oxygen atoms in total. The standard InChI is InChI=1S/C26H15N3O/c30-26-24-18(25-27-19-11-3-6-14-22(19)29(25)26)10-7-15-23(24)28-20-12-4-1-8-16(20)17-9-2-5-13-21(17)28/h1-15H. The molecule has 0 spiro atoms. The second-order valence-electron chi connectivity index (χ2n) is 7.63. The van der Waals surface area contributed by atoms with Gasteiger partial charge >= 0.3 is 0 Å². The lowest BCUT2D eigenvalue weighted by Crippen LogP contribution is -2.09. The molecule has 140 valence electrons. The maximum absolute atomic E-state index is 13.7. The highest BCUT2D eigenvalue weighted by Crippen LogP contribution is 2.40. The van der Waals surface area contributed by atoms with Gasteiger partial charge in [-0.25, -0.2) is 4.98 Å². The number of imidazole rings is 1. The number of rotatable bonds is 1. The van der Waals surface area contributed by atoms with Crippen LogP contribution in [0.1, 0.15) is 10.4 Å². The molecule has 4 heteroatoms. The molecule has 0 saturated carbocycles. The number of carbonyl (C=O) groups excluding carboxylic acids is 1. The smallest absolute Gasteiger partial charge is 0.267 e. The van der Waals surface area contributed by atoms with Gasteiger partial charge in [-0.15, -0.1) is 0 Å². The highest BCUT2D eigenvalue weighted by Gasteiger charge is 2.33. The Morgan fingerprint density at radius 2 is 1.23 bits per heavy atom. The molecule has 4 aromatic carbocycles. The van der Waals surface area contributed by atoms with Gasteiger partial charge in [0.05, 0.1) is 33.3 Å². The van der Waals surface area contributed by atoms with Gasteiger partial charge in [-0.3, -0.25) is 9.36 Å². The van der Waals surface area contributed by atoms with E-state index in [9.17, 15) is 4.79 Å². The molecule has 0 unspecified atom stereocenters. The molecule has 0 fully saturated rings. The van der Waals surface area contributed by atoms with Crippen molar-refractivity contribution in [1.82, 2.24) is 14.1 Å². The molecule has 0 atom stereocenters. The van der Waals surface area contributed by atoms with Gasteiger partial charge in [0.15, 0.2) is 0 Å². The van der Waals surface area contributed by atoms with Gasteiger partial charge in [-0.1, -0.05) is 60.7 Å². The summed E-state index contributed by atoms with van der Waals surface area (Å²) in [5, 5.41) is 2.36. The summed E-state index contributed by atoms with van der Waals surface area (Å²) in [6.45, 7) is 0. The van der Waals surface area contributed by atoms with Crippen LogP contribution in [-0.2, 0) is 0 Å². The normalized spacial score (nSPS) is 12.7. The van der Waals surface area contributed by atoms with E-state index in [1.54, 1.807) is 4.57 Å². The second kappa shape index (κ2) is 5.45. The summed E-state index contributed by atoms with van der Waals surface area (Å²) in [6.07, 6.45) is 0. The minimum Gasteiger partial charge on any atom is -0.308 e. The van der Waals surface area contributed by atoms with E-state index >= 15 is 0 Å². The Hall–Kier alpha value is -4.18. The van der Waals surface area contributed by atoms with Crippen LogP contribution in [0.15, 0.2) is 91.0 Å². The number of fused-ring (bicyclic) bond motifs is 8. The first-order valence-corrected chi connectivity index (χ1v) is 9.97. The highest BCUT2D eigenvalue weighted by atomic mass is 16.2. The van der Waals surface area contributed by atoms with E-state index in [1.165, 1.54) is 10.8 Å². The minimum absolute atomic E-state index is 0.0221. The Morgan fingerprint density at radius 3 is 1.97 bits per heavy atom. The van der Waals surface area contributed by atoms with E-state index in [0.29, 0.717) is 5.56 Å². The van der Waals surface area contributed by atoms with Crippen molar-refractivity contribution in [2.75, 3.05) is 0 Å². The fraction of sp³-hybridized carbons (Fsp3) is 0. The zero-order chi connectivity index (χ0) is 19.8. The average molecular weight is 385 g/mol. The van der Waals surface area contributed by atoms with Crippen molar-refractivity contribution < 1.29 is 4.79 Å². The van der Waals surface area contributed by atoms with Gasteiger partial charge in [0.1, 0.15) is 5.82 Å². The number of para-hydroxylation sites is 4. The van der Waals surface area contributed by atoms with Crippen LogP contribution in [0.25, 0.3) is 49.9 Å². The molecule has 0 aliphatic carbocycles. The van der Waals surface area contributed by atoms with Crippen LogP contribution >= 0.6 is 0 Å². The van der Waals surface area contributed by atoms with Gasteiger partial charge in [-0.05, 0) is 30.3 Å². The topological polar surface area (TPSA) is 39.8 Å². The van der Waals surface area contributed by atoms with Crippen molar-refractivity contribution in [3.63, 3.8) is 0 Å². The van der Waals surface area contributed by atoms with Crippen LogP contribution in [0.3, 0.4) is 0 Å². The lowest BCUT2D eigenvalue weighted by atomic mass is 10.1. The highest BCUT2D eigenvalue weighted by molar-refractivity contribution is 6.16. The first-order chi connectivity index (χ1) is 14.8. The molecule has 2 aromatic heterocycles. The molecule has 30 heavy (non-hydrogen) atoms. The predicted molar refractivity (Wildman–Crippen MR) is 119 cm³/mol. The van der Waals surface area contributed by atoms with Crippen LogP contribution in [0, 0.1) is 0 Å². The van der Waals surface area contributed by atoms with E-state index in [0.717, 1.165) is 39.1 Å². The van der Waals surface area contributed by atoms with Crippen LogP contribution in [0.2, 0.25) is 0 Å². The predicted octanol–water partition coefficient (Wildman–Crippen LogP) is 5.80. The molecule has 6 aromatic rings. The summed E-state index contributed by atoms with van der Waals surface area (Å²) in [6, 6.07) is 30.5. The quantitative estimate of drug-likeness (QED) is 0.358. The van der Waals surface area contributed by atoms with Crippen molar-refractivity contribution in [2.45, 2.75) is 0 Å². The molecule has 7 rings (SSSR count). The SMILES string of the molecule is O=C1c2c(cccc2-n2c3ccccc3c3ccccc32)-c2nc3ccccc3n21. The summed E-state index contributed by atoms with van der Waals surface area (Å²) >= 11 is 0. The molecule has 0 N–H and O–H groups in total. The molecule has 0 amide bonds. The number of nitrogens with zero attached hydrogens (tertiary/aromatic N) is 3.